The molecule has 5 heteroatoms. The molecule has 2 aromatic rings. The molecule has 2 rings (SSSR count). The first-order chi connectivity index (χ1) is 7.75. The van der Waals surface area contributed by atoms with Crippen molar-refractivity contribution in [3.05, 3.63) is 42.4 Å². The van der Waals surface area contributed by atoms with Gasteiger partial charge in [0, 0.05) is 32.2 Å². The van der Waals surface area contributed by atoms with Crippen LogP contribution in [0.4, 0.5) is 11.8 Å². The molecule has 0 atom stereocenters. The lowest BCUT2D eigenvalue weighted by Crippen LogP contribution is -2.19. The standard InChI is InChI=1S/C11H13N5/c1-16(8-9-2-5-13-6-3-9)11-14-7-4-10(12)15-11/h2-7H,8H2,1H3,(H2,12,14,15). The molecule has 2 heterocycles. The second-order valence-electron chi connectivity index (χ2n) is 3.49. The average Bonchev–Trinajstić information content (AvgIpc) is 2.30. The van der Waals surface area contributed by atoms with Crippen LogP contribution in [0.25, 0.3) is 0 Å². The number of nitrogens with two attached hydrogens (primary N) is 1. The van der Waals surface area contributed by atoms with Gasteiger partial charge in [-0.05, 0) is 23.8 Å². The Hall–Kier alpha value is -2.17. The SMILES string of the molecule is CN(Cc1ccncc1)c1nccc(N)n1. The fraction of sp³-hybridized carbons (Fsp3) is 0.182. The van der Waals surface area contributed by atoms with Crippen molar-refractivity contribution in [2.24, 2.45) is 0 Å². The zero-order chi connectivity index (χ0) is 11.4. The maximum atomic E-state index is 5.60. The van der Waals surface area contributed by atoms with Gasteiger partial charge in [-0.25, -0.2) is 4.98 Å². The highest BCUT2D eigenvalue weighted by atomic mass is 15.2. The Bertz CT molecular complexity index is 457. The van der Waals surface area contributed by atoms with E-state index in [0.29, 0.717) is 11.8 Å². The number of pyridine rings is 1. The third-order valence-electron chi connectivity index (χ3n) is 2.17. The molecule has 0 radical (unpaired) electrons. The third kappa shape index (κ3) is 2.44. The van der Waals surface area contributed by atoms with Gasteiger partial charge in [0.2, 0.25) is 5.95 Å². The topological polar surface area (TPSA) is 67.9 Å². The molecule has 0 aliphatic carbocycles. The van der Waals surface area contributed by atoms with Gasteiger partial charge in [0.05, 0.1) is 0 Å². The van der Waals surface area contributed by atoms with E-state index in [4.69, 9.17) is 5.73 Å². The quantitative estimate of drug-likeness (QED) is 0.830. The zero-order valence-electron chi connectivity index (χ0n) is 9.04. The summed E-state index contributed by atoms with van der Waals surface area (Å²) in [6.07, 6.45) is 5.19. The van der Waals surface area contributed by atoms with E-state index in [2.05, 4.69) is 15.0 Å². The van der Waals surface area contributed by atoms with E-state index in [1.165, 1.54) is 0 Å². The monoisotopic (exact) mass is 215 g/mol. The van der Waals surface area contributed by atoms with Crippen molar-refractivity contribution in [1.82, 2.24) is 15.0 Å². The number of rotatable bonds is 3. The lowest BCUT2D eigenvalue weighted by Gasteiger charge is -2.16. The Morgan fingerprint density at radius 3 is 2.62 bits per heavy atom. The molecule has 0 bridgehead atoms. The first-order valence-corrected chi connectivity index (χ1v) is 4.94. The van der Waals surface area contributed by atoms with Gasteiger partial charge < -0.3 is 10.6 Å². The number of hydrogen-bond donors (Lipinski definition) is 1. The normalized spacial score (nSPS) is 10.1. The number of nitrogen functional groups attached to an aromatic ring is 1. The van der Waals surface area contributed by atoms with Crippen molar-refractivity contribution in [1.29, 1.82) is 0 Å². The molecule has 0 amide bonds. The zero-order valence-corrected chi connectivity index (χ0v) is 9.04. The Morgan fingerprint density at radius 1 is 1.19 bits per heavy atom. The Balaban J connectivity index is 2.12. The first kappa shape index (κ1) is 10.4. The van der Waals surface area contributed by atoms with E-state index in [9.17, 15) is 0 Å². The molecule has 82 valence electrons. The van der Waals surface area contributed by atoms with Crippen molar-refractivity contribution < 1.29 is 0 Å². The maximum Gasteiger partial charge on any atom is 0.227 e. The highest BCUT2D eigenvalue weighted by molar-refractivity contribution is 5.37. The number of aromatic nitrogens is 3. The summed E-state index contributed by atoms with van der Waals surface area (Å²) in [7, 11) is 1.93. The molecule has 0 fully saturated rings. The van der Waals surface area contributed by atoms with Crippen LogP contribution < -0.4 is 10.6 Å². The summed E-state index contributed by atoms with van der Waals surface area (Å²) in [5.41, 5.74) is 6.76. The van der Waals surface area contributed by atoms with Gasteiger partial charge >= 0.3 is 0 Å². The summed E-state index contributed by atoms with van der Waals surface area (Å²) >= 11 is 0. The minimum Gasteiger partial charge on any atom is -0.384 e. The van der Waals surface area contributed by atoms with Crippen molar-refractivity contribution in [3.8, 4) is 0 Å². The van der Waals surface area contributed by atoms with Crippen LogP contribution in [-0.4, -0.2) is 22.0 Å². The van der Waals surface area contributed by atoms with Crippen LogP contribution in [0.5, 0.6) is 0 Å². The van der Waals surface area contributed by atoms with Crippen LogP contribution in [0.3, 0.4) is 0 Å². The second kappa shape index (κ2) is 4.57. The van der Waals surface area contributed by atoms with Crippen molar-refractivity contribution >= 4 is 11.8 Å². The smallest absolute Gasteiger partial charge is 0.227 e. The number of hydrogen-bond acceptors (Lipinski definition) is 5. The molecule has 5 nitrogen and oxygen atoms in total. The first-order valence-electron chi connectivity index (χ1n) is 4.94. The van der Waals surface area contributed by atoms with E-state index in [0.717, 1.165) is 12.1 Å². The summed E-state index contributed by atoms with van der Waals surface area (Å²) in [5, 5.41) is 0. The second-order valence-corrected chi connectivity index (χ2v) is 3.49. The van der Waals surface area contributed by atoms with Gasteiger partial charge in [0.15, 0.2) is 0 Å². The van der Waals surface area contributed by atoms with Crippen LogP contribution in [0, 0.1) is 0 Å². The van der Waals surface area contributed by atoms with E-state index in [1.54, 1.807) is 24.7 Å². The lowest BCUT2D eigenvalue weighted by atomic mass is 10.2. The highest BCUT2D eigenvalue weighted by Gasteiger charge is 2.04. The van der Waals surface area contributed by atoms with Crippen LogP contribution in [-0.2, 0) is 6.54 Å². The summed E-state index contributed by atoms with van der Waals surface area (Å²) < 4.78 is 0. The molecule has 0 aliphatic rings. The Labute approximate surface area is 94.0 Å². The molecule has 2 N–H and O–H groups in total. The van der Waals surface area contributed by atoms with Crippen LogP contribution in [0.15, 0.2) is 36.8 Å². The van der Waals surface area contributed by atoms with E-state index in [-0.39, 0.29) is 0 Å². The number of anilines is 2. The van der Waals surface area contributed by atoms with Gasteiger partial charge in [-0.15, -0.1) is 0 Å². The minimum atomic E-state index is 0.478. The molecule has 0 spiro atoms. The third-order valence-corrected chi connectivity index (χ3v) is 2.17. The summed E-state index contributed by atoms with van der Waals surface area (Å²) in [6.45, 7) is 0.728. The minimum absolute atomic E-state index is 0.478. The van der Waals surface area contributed by atoms with Gasteiger partial charge in [0.1, 0.15) is 5.82 Å². The molecule has 0 unspecified atom stereocenters. The fourth-order valence-electron chi connectivity index (χ4n) is 1.38. The largest absolute Gasteiger partial charge is 0.384 e. The van der Waals surface area contributed by atoms with Gasteiger partial charge in [0.25, 0.3) is 0 Å². The van der Waals surface area contributed by atoms with Crippen molar-refractivity contribution in [2.75, 3.05) is 17.7 Å². The molecule has 16 heavy (non-hydrogen) atoms. The number of nitrogens with zero attached hydrogens (tertiary/aromatic N) is 4. The van der Waals surface area contributed by atoms with Crippen molar-refractivity contribution in [3.63, 3.8) is 0 Å². The molecule has 0 saturated heterocycles. The Morgan fingerprint density at radius 2 is 1.94 bits per heavy atom. The Kier molecular flexibility index (Phi) is 2.95. The molecular weight excluding hydrogens is 202 g/mol. The summed E-state index contributed by atoms with van der Waals surface area (Å²) in [6, 6.07) is 5.59. The summed E-state index contributed by atoms with van der Waals surface area (Å²) in [5.74, 6) is 1.10. The lowest BCUT2D eigenvalue weighted by molar-refractivity contribution is 0.866. The molecule has 2 aromatic heterocycles. The van der Waals surface area contributed by atoms with Gasteiger partial charge in [-0.2, -0.15) is 4.98 Å². The maximum absolute atomic E-state index is 5.60. The van der Waals surface area contributed by atoms with Crippen molar-refractivity contribution in [2.45, 2.75) is 6.54 Å². The van der Waals surface area contributed by atoms with E-state index >= 15 is 0 Å². The van der Waals surface area contributed by atoms with Gasteiger partial charge in [-0.3, -0.25) is 4.98 Å². The molecule has 0 saturated carbocycles. The predicted molar refractivity (Wildman–Crippen MR) is 62.8 cm³/mol. The molecule has 0 aromatic carbocycles. The van der Waals surface area contributed by atoms with Gasteiger partial charge in [-0.1, -0.05) is 0 Å². The summed E-state index contributed by atoms with van der Waals surface area (Å²) in [4.78, 5) is 14.2. The van der Waals surface area contributed by atoms with Crippen LogP contribution in [0.2, 0.25) is 0 Å². The molecule has 0 aliphatic heterocycles. The molecular formula is C11H13N5. The predicted octanol–water partition coefficient (Wildman–Crippen LogP) is 1.09. The fourth-order valence-corrected chi connectivity index (χ4v) is 1.38. The average molecular weight is 215 g/mol. The van der Waals surface area contributed by atoms with E-state index in [1.807, 2.05) is 24.1 Å². The van der Waals surface area contributed by atoms with Crippen LogP contribution in [0.1, 0.15) is 5.56 Å². The van der Waals surface area contributed by atoms with E-state index < -0.39 is 0 Å². The highest BCUT2D eigenvalue weighted by Crippen LogP contribution is 2.10. The van der Waals surface area contributed by atoms with Crippen LogP contribution >= 0.6 is 0 Å².